The van der Waals surface area contributed by atoms with Crippen LogP contribution in [-0.2, 0) is 17.9 Å². The Labute approximate surface area is 145 Å². The van der Waals surface area contributed by atoms with Gasteiger partial charge in [-0.3, -0.25) is 9.69 Å². The van der Waals surface area contributed by atoms with E-state index in [0.29, 0.717) is 6.54 Å². The van der Waals surface area contributed by atoms with Crippen molar-refractivity contribution >= 4 is 5.91 Å². The Balaban J connectivity index is 1.56. The molecule has 1 saturated heterocycles. The third kappa shape index (κ3) is 4.81. The average molecular weight is 329 g/mol. The van der Waals surface area contributed by atoms with Crippen molar-refractivity contribution in [3.05, 3.63) is 35.4 Å². The van der Waals surface area contributed by atoms with E-state index in [-0.39, 0.29) is 17.9 Å². The Bertz CT molecular complexity index is 537. The zero-order chi connectivity index (χ0) is 16.8. The number of rotatable bonds is 5. The van der Waals surface area contributed by atoms with Gasteiger partial charge in [0.25, 0.3) is 0 Å². The molecule has 1 heterocycles. The first-order chi connectivity index (χ1) is 11.7. The van der Waals surface area contributed by atoms with Gasteiger partial charge in [0.05, 0.1) is 0 Å². The van der Waals surface area contributed by atoms with Crippen molar-refractivity contribution in [1.29, 1.82) is 0 Å². The average Bonchev–Trinajstić information content (AvgIpc) is 2.87. The maximum Gasteiger partial charge on any atom is 0.223 e. The van der Waals surface area contributed by atoms with E-state index in [1.807, 2.05) is 0 Å². The van der Waals surface area contributed by atoms with Crippen LogP contribution in [0.15, 0.2) is 24.3 Å². The Morgan fingerprint density at radius 3 is 2.46 bits per heavy atom. The first-order valence-electron chi connectivity index (χ1n) is 9.55. The molecule has 0 aromatic heterocycles. The van der Waals surface area contributed by atoms with Gasteiger partial charge in [0.15, 0.2) is 0 Å². The molecule has 1 aromatic carbocycles. The van der Waals surface area contributed by atoms with Gasteiger partial charge < -0.3 is 11.1 Å². The molecule has 2 fully saturated rings. The monoisotopic (exact) mass is 329 g/mol. The highest BCUT2D eigenvalue weighted by molar-refractivity contribution is 5.79. The van der Waals surface area contributed by atoms with Crippen molar-refractivity contribution in [3.8, 4) is 0 Å². The molecule has 3 rings (SSSR count). The second-order valence-electron chi connectivity index (χ2n) is 7.45. The van der Waals surface area contributed by atoms with Gasteiger partial charge in [-0.1, -0.05) is 37.1 Å². The van der Waals surface area contributed by atoms with Gasteiger partial charge in [-0.25, -0.2) is 0 Å². The molecule has 0 bridgehead atoms. The van der Waals surface area contributed by atoms with E-state index in [0.717, 1.165) is 25.8 Å². The lowest BCUT2D eigenvalue weighted by Crippen LogP contribution is -2.31. The van der Waals surface area contributed by atoms with E-state index in [1.165, 1.54) is 49.9 Å². The number of carbonyl (C=O) groups is 1. The fourth-order valence-electron chi connectivity index (χ4n) is 4.00. The van der Waals surface area contributed by atoms with Crippen LogP contribution >= 0.6 is 0 Å². The summed E-state index contributed by atoms with van der Waals surface area (Å²) in [6.45, 7) is 4.02. The Morgan fingerprint density at radius 1 is 1.08 bits per heavy atom. The van der Waals surface area contributed by atoms with Crippen LogP contribution in [0.1, 0.15) is 56.1 Å². The van der Waals surface area contributed by atoms with Gasteiger partial charge in [-0.15, -0.1) is 0 Å². The van der Waals surface area contributed by atoms with Gasteiger partial charge >= 0.3 is 0 Å². The van der Waals surface area contributed by atoms with E-state index in [2.05, 4.69) is 34.5 Å². The van der Waals surface area contributed by atoms with Crippen molar-refractivity contribution < 1.29 is 4.79 Å². The predicted molar refractivity (Wildman–Crippen MR) is 97.4 cm³/mol. The van der Waals surface area contributed by atoms with Crippen LogP contribution < -0.4 is 11.1 Å². The molecule has 4 nitrogen and oxygen atoms in total. The first-order valence-corrected chi connectivity index (χ1v) is 9.55. The van der Waals surface area contributed by atoms with Gasteiger partial charge in [0, 0.05) is 25.0 Å². The quantitative estimate of drug-likeness (QED) is 0.873. The van der Waals surface area contributed by atoms with Crippen molar-refractivity contribution in [2.75, 3.05) is 13.1 Å². The molecular weight excluding hydrogens is 298 g/mol. The standard InChI is InChI=1S/C20H31N3O/c21-19-10-9-16(13-19)20(24)22-14-17-7-3-4-8-18(17)15-23-11-5-1-2-6-12-23/h3-4,7-8,16,19H,1-2,5-6,9-15,21H2,(H,22,24). The Kier molecular flexibility index (Phi) is 6.27. The summed E-state index contributed by atoms with van der Waals surface area (Å²) in [5.74, 6) is 0.283. The summed E-state index contributed by atoms with van der Waals surface area (Å²) in [6, 6.07) is 8.73. The molecule has 3 N–H and O–H groups in total. The maximum absolute atomic E-state index is 12.3. The van der Waals surface area contributed by atoms with Crippen LogP contribution in [0.5, 0.6) is 0 Å². The SMILES string of the molecule is NC1CCC(C(=O)NCc2ccccc2CN2CCCCCC2)C1. The predicted octanol–water partition coefficient (Wildman–Crippen LogP) is 2.81. The number of nitrogens with one attached hydrogen (secondary N) is 1. The number of hydrogen-bond acceptors (Lipinski definition) is 3. The third-order valence-corrected chi connectivity index (χ3v) is 5.51. The molecule has 1 aliphatic carbocycles. The van der Waals surface area contributed by atoms with E-state index >= 15 is 0 Å². The highest BCUT2D eigenvalue weighted by Crippen LogP contribution is 2.24. The smallest absolute Gasteiger partial charge is 0.223 e. The normalized spacial score (nSPS) is 25.4. The molecule has 2 unspecified atom stereocenters. The summed E-state index contributed by atoms with van der Waals surface area (Å²) in [4.78, 5) is 14.9. The van der Waals surface area contributed by atoms with E-state index in [1.54, 1.807) is 0 Å². The molecule has 1 amide bonds. The minimum Gasteiger partial charge on any atom is -0.352 e. The fourth-order valence-corrected chi connectivity index (χ4v) is 4.00. The number of nitrogens with zero attached hydrogens (tertiary/aromatic N) is 1. The molecule has 1 aromatic rings. The topological polar surface area (TPSA) is 58.4 Å². The van der Waals surface area contributed by atoms with Gasteiger partial charge in [0.2, 0.25) is 5.91 Å². The summed E-state index contributed by atoms with van der Waals surface area (Å²) < 4.78 is 0. The first kappa shape index (κ1) is 17.4. The minimum atomic E-state index is 0.109. The van der Waals surface area contributed by atoms with Crippen molar-refractivity contribution in [2.45, 2.75) is 64.1 Å². The van der Waals surface area contributed by atoms with Gasteiger partial charge in [-0.2, -0.15) is 0 Å². The second-order valence-corrected chi connectivity index (χ2v) is 7.45. The van der Waals surface area contributed by atoms with E-state index in [9.17, 15) is 4.79 Å². The van der Waals surface area contributed by atoms with Crippen molar-refractivity contribution in [2.24, 2.45) is 11.7 Å². The van der Waals surface area contributed by atoms with Crippen LogP contribution in [0, 0.1) is 5.92 Å². The molecule has 1 aliphatic heterocycles. The minimum absolute atomic E-state index is 0.109. The Morgan fingerprint density at radius 2 is 1.79 bits per heavy atom. The summed E-state index contributed by atoms with van der Waals surface area (Å²) in [6.07, 6.45) is 8.07. The number of hydrogen-bond donors (Lipinski definition) is 2. The number of likely N-dealkylation sites (tertiary alicyclic amines) is 1. The molecule has 132 valence electrons. The number of carbonyl (C=O) groups excluding carboxylic acids is 1. The van der Waals surface area contributed by atoms with Crippen LogP contribution in [0.4, 0.5) is 0 Å². The fraction of sp³-hybridized carbons (Fsp3) is 0.650. The number of nitrogens with two attached hydrogens (primary N) is 1. The molecule has 0 spiro atoms. The third-order valence-electron chi connectivity index (χ3n) is 5.51. The van der Waals surface area contributed by atoms with E-state index < -0.39 is 0 Å². The Hall–Kier alpha value is -1.39. The largest absolute Gasteiger partial charge is 0.352 e. The zero-order valence-corrected chi connectivity index (χ0v) is 14.7. The molecule has 1 saturated carbocycles. The van der Waals surface area contributed by atoms with Gasteiger partial charge in [-0.05, 0) is 56.3 Å². The number of benzene rings is 1. The molecule has 2 aliphatic rings. The molecule has 4 heteroatoms. The van der Waals surface area contributed by atoms with E-state index in [4.69, 9.17) is 5.73 Å². The van der Waals surface area contributed by atoms with Crippen LogP contribution in [0.25, 0.3) is 0 Å². The van der Waals surface area contributed by atoms with Crippen LogP contribution in [0.3, 0.4) is 0 Å². The van der Waals surface area contributed by atoms with Crippen LogP contribution in [-0.4, -0.2) is 29.9 Å². The second kappa shape index (κ2) is 8.63. The summed E-state index contributed by atoms with van der Waals surface area (Å²) in [5.41, 5.74) is 8.52. The number of amides is 1. The highest BCUT2D eigenvalue weighted by Gasteiger charge is 2.27. The molecular formula is C20H31N3O. The molecule has 2 atom stereocenters. The highest BCUT2D eigenvalue weighted by atomic mass is 16.1. The zero-order valence-electron chi connectivity index (χ0n) is 14.7. The summed E-state index contributed by atoms with van der Waals surface area (Å²) in [5, 5.41) is 3.14. The maximum atomic E-state index is 12.3. The molecule has 24 heavy (non-hydrogen) atoms. The summed E-state index contributed by atoms with van der Waals surface area (Å²) in [7, 11) is 0. The lowest BCUT2D eigenvalue weighted by atomic mass is 10.0. The van der Waals surface area contributed by atoms with Gasteiger partial charge in [0.1, 0.15) is 0 Å². The lowest BCUT2D eigenvalue weighted by molar-refractivity contribution is -0.125. The molecule has 0 radical (unpaired) electrons. The van der Waals surface area contributed by atoms with Crippen molar-refractivity contribution in [1.82, 2.24) is 10.2 Å². The van der Waals surface area contributed by atoms with Crippen molar-refractivity contribution in [3.63, 3.8) is 0 Å². The lowest BCUT2D eigenvalue weighted by Gasteiger charge is -2.22. The summed E-state index contributed by atoms with van der Waals surface area (Å²) >= 11 is 0. The van der Waals surface area contributed by atoms with Crippen LogP contribution in [0.2, 0.25) is 0 Å².